The molecule has 0 unspecified atom stereocenters. The van der Waals surface area contributed by atoms with Gasteiger partial charge in [0.15, 0.2) is 0 Å². The maximum atomic E-state index is 13.8. The van der Waals surface area contributed by atoms with Crippen molar-refractivity contribution in [3.05, 3.63) is 35.1 Å². The van der Waals surface area contributed by atoms with E-state index in [1.165, 1.54) is 13.5 Å². The summed E-state index contributed by atoms with van der Waals surface area (Å²) in [5.74, 6) is -3.21. The lowest BCUT2D eigenvalue weighted by molar-refractivity contribution is -0.142. The maximum Gasteiger partial charge on any atom is 0.419 e. The Morgan fingerprint density at radius 2 is 1.78 bits per heavy atom. The van der Waals surface area contributed by atoms with Gasteiger partial charge in [-0.05, 0) is 43.4 Å². The van der Waals surface area contributed by atoms with Crippen LogP contribution in [-0.2, 0) is 32.5 Å². The van der Waals surface area contributed by atoms with Crippen molar-refractivity contribution in [1.82, 2.24) is 18.8 Å². The molecule has 1 aromatic rings. The molecule has 0 radical (unpaired) electrons. The van der Waals surface area contributed by atoms with Gasteiger partial charge in [-0.25, -0.2) is 4.39 Å². The molecule has 0 bridgehead atoms. The highest BCUT2D eigenvalue weighted by Gasteiger charge is 2.44. The summed E-state index contributed by atoms with van der Waals surface area (Å²) in [6, 6.07) is 3.65. The van der Waals surface area contributed by atoms with E-state index in [-0.39, 0.29) is 50.1 Å². The van der Waals surface area contributed by atoms with Crippen molar-refractivity contribution >= 4 is 22.0 Å². The van der Waals surface area contributed by atoms with E-state index in [4.69, 9.17) is 5.26 Å². The van der Waals surface area contributed by atoms with E-state index in [1.54, 1.807) is 0 Å². The molecule has 1 aromatic carbocycles. The average Bonchev–Trinajstić information content (AvgIpc) is 3.30. The van der Waals surface area contributed by atoms with Crippen LogP contribution in [0.1, 0.15) is 36.8 Å². The minimum absolute atomic E-state index is 0.00937. The van der Waals surface area contributed by atoms with Crippen molar-refractivity contribution in [2.45, 2.75) is 44.4 Å². The fourth-order valence-electron chi connectivity index (χ4n) is 4.97. The summed E-state index contributed by atoms with van der Waals surface area (Å²) in [6.45, 7) is 0.640. The van der Waals surface area contributed by atoms with Crippen LogP contribution in [0, 0.1) is 29.0 Å². The standard InChI is InChI=1S/C23H27F4N5O4S/c24-19-9-15(5-6-18(19)23(25,26)27)11-29-21(33)20-4-2-8-32(20)22(34)17-3-1-7-30(14-17)37(35,36)31-12-16(10-28)13-31/h5-6,9,16-17,20H,1-4,7-8,11-14H2,(H,29,33)/t17-,20+/m0/s1. The number of alkyl halides is 3. The molecule has 3 fully saturated rings. The number of rotatable bonds is 6. The first-order chi connectivity index (χ1) is 17.4. The summed E-state index contributed by atoms with van der Waals surface area (Å²) in [5, 5.41) is 11.5. The highest BCUT2D eigenvalue weighted by molar-refractivity contribution is 7.86. The van der Waals surface area contributed by atoms with Crippen molar-refractivity contribution in [3.8, 4) is 6.07 Å². The van der Waals surface area contributed by atoms with Gasteiger partial charge in [-0.3, -0.25) is 9.59 Å². The summed E-state index contributed by atoms with van der Waals surface area (Å²) in [7, 11) is -3.78. The molecule has 14 heteroatoms. The first-order valence-corrected chi connectivity index (χ1v) is 13.4. The molecule has 3 heterocycles. The maximum absolute atomic E-state index is 13.8. The quantitative estimate of drug-likeness (QED) is 0.549. The zero-order chi connectivity index (χ0) is 27.0. The smallest absolute Gasteiger partial charge is 0.350 e. The highest BCUT2D eigenvalue weighted by Crippen LogP contribution is 2.32. The summed E-state index contributed by atoms with van der Waals surface area (Å²) < 4.78 is 80.3. The van der Waals surface area contributed by atoms with E-state index in [0.29, 0.717) is 44.4 Å². The number of hydrogen-bond donors (Lipinski definition) is 1. The van der Waals surface area contributed by atoms with E-state index in [1.807, 2.05) is 6.07 Å². The third kappa shape index (κ3) is 5.73. The van der Waals surface area contributed by atoms with E-state index >= 15 is 0 Å². The normalized spacial score (nSPS) is 23.9. The predicted octanol–water partition coefficient (Wildman–Crippen LogP) is 1.86. The van der Waals surface area contributed by atoms with Crippen molar-refractivity contribution in [1.29, 1.82) is 5.26 Å². The van der Waals surface area contributed by atoms with E-state index in [2.05, 4.69) is 5.32 Å². The van der Waals surface area contributed by atoms with Crippen molar-refractivity contribution < 1.29 is 35.6 Å². The van der Waals surface area contributed by atoms with Gasteiger partial charge in [0.1, 0.15) is 11.9 Å². The molecular weight excluding hydrogens is 518 g/mol. The number of carbonyl (C=O) groups excluding carboxylic acids is 2. The Kier molecular flexibility index (Phi) is 7.77. The second-order valence-electron chi connectivity index (χ2n) is 9.57. The minimum Gasteiger partial charge on any atom is -0.350 e. The van der Waals surface area contributed by atoms with Crippen molar-refractivity contribution in [2.75, 3.05) is 32.7 Å². The fraction of sp³-hybridized carbons (Fsp3) is 0.609. The predicted molar refractivity (Wildman–Crippen MR) is 122 cm³/mol. The van der Waals surface area contributed by atoms with Crippen molar-refractivity contribution in [2.24, 2.45) is 11.8 Å². The van der Waals surface area contributed by atoms with Crippen LogP contribution in [0.3, 0.4) is 0 Å². The third-order valence-corrected chi connectivity index (χ3v) is 9.00. The van der Waals surface area contributed by atoms with Crippen LogP contribution in [0.4, 0.5) is 17.6 Å². The van der Waals surface area contributed by atoms with Crippen LogP contribution in [0.5, 0.6) is 0 Å². The lowest BCUT2D eigenvalue weighted by atomic mass is 9.97. The molecular formula is C23H27F4N5O4S. The topological polar surface area (TPSA) is 114 Å². The average molecular weight is 546 g/mol. The van der Waals surface area contributed by atoms with Gasteiger partial charge in [-0.15, -0.1) is 0 Å². The molecule has 4 rings (SSSR count). The third-order valence-electron chi connectivity index (χ3n) is 7.06. The SMILES string of the molecule is N#CC1CN(S(=O)(=O)N2CCC[C@H](C(=O)N3CCC[C@@H]3C(=O)NCc3ccc(C(F)(F)F)c(F)c3)C2)C1. The molecule has 3 saturated heterocycles. The fourth-order valence-corrected chi connectivity index (χ4v) is 6.76. The Labute approximate surface area is 212 Å². The number of piperidine rings is 1. The number of halogens is 4. The number of amides is 2. The number of nitrogens with one attached hydrogen (secondary N) is 1. The van der Waals surface area contributed by atoms with Crippen LogP contribution < -0.4 is 5.32 Å². The van der Waals surface area contributed by atoms with E-state index < -0.39 is 45.6 Å². The number of nitrogens with zero attached hydrogens (tertiary/aromatic N) is 4. The lowest BCUT2D eigenvalue weighted by Gasteiger charge is -2.41. The lowest BCUT2D eigenvalue weighted by Crippen LogP contribution is -2.57. The number of nitriles is 1. The number of likely N-dealkylation sites (tertiary alicyclic amines) is 1. The van der Waals surface area contributed by atoms with Crippen LogP contribution in [0.2, 0.25) is 0 Å². The van der Waals surface area contributed by atoms with Gasteiger partial charge in [0, 0.05) is 39.3 Å². The van der Waals surface area contributed by atoms with E-state index in [9.17, 15) is 35.6 Å². The molecule has 1 N–H and O–H groups in total. The molecule has 37 heavy (non-hydrogen) atoms. The monoisotopic (exact) mass is 545 g/mol. The Morgan fingerprint density at radius 3 is 2.43 bits per heavy atom. The molecule has 0 aromatic heterocycles. The van der Waals surface area contributed by atoms with Gasteiger partial charge in [-0.1, -0.05) is 6.07 Å². The van der Waals surface area contributed by atoms with Gasteiger partial charge in [-0.2, -0.15) is 35.5 Å². The molecule has 3 aliphatic heterocycles. The van der Waals surface area contributed by atoms with Gasteiger partial charge >= 0.3 is 6.18 Å². The number of benzene rings is 1. The first kappa shape index (κ1) is 27.3. The molecule has 9 nitrogen and oxygen atoms in total. The summed E-state index contributed by atoms with van der Waals surface area (Å²) in [6.07, 6.45) is -2.91. The van der Waals surface area contributed by atoms with Crippen LogP contribution in [-0.4, -0.2) is 72.5 Å². The van der Waals surface area contributed by atoms with E-state index in [0.717, 1.165) is 6.07 Å². The summed E-state index contributed by atoms with van der Waals surface area (Å²) >= 11 is 0. The van der Waals surface area contributed by atoms with Gasteiger partial charge in [0.25, 0.3) is 10.2 Å². The zero-order valence-corrected chi connectivity index (χ0v) is 20.7. The summed E-state index contributed by atoms with van der Waals surface area (Å²) in [4.78, 5) is 27.6. The Balaban J connectivity index is 1.35. The first-order valence-electron chi connectivity index (χ1n) is 12.0. The molecule has 0 spiro atoms. The largest absolute Gasteiger partial charge is 0.419 e. The molecule has 0 saturated carbocycles. The molecule has 202 valence electrons. The van der Waals surface area contributed by atoms with Crippen LogP contribution >= 0.6 is 0 Å². The zero-order valence-electron chi connectivity index (χ0n) is 19.9. The highest BCUT2D eigenvalue weighted by atomic mass is 32.2. The summed E-state index contributed by atoms with van der Waals surface area (Å²) in [5.41, 5.74) is -1.25. The second-order valence-corrected chi connectivity index (χ2v) is 11.5. The van der Waals surface area contributed by atoms with Crippen molar-refractivity contribution in [3.63, 3.8) is 0 Å². The molecule has 0 aliphatic carbocycles. The molecule has 2 atom stereocenters. The minimum atomic E-state index is -4.82. The number of hydrogen-bond acceptors (Lipinski definition) is 5. The van der Waals surface area contributed by atoms with Crippen LogP contribution in [0.15, 0.2) is 18.2 Å². The Hall–Kier alpha value is -2.76. The molecule has 2 amide bonds. The van der Waals surface area contributed by atoms with Gasteiger partial charge in [0.2, 0.25) is 11.8 Å². The number of carbonyl (C=O) groups is 2. The second kappa shape index (κ2) is 10.5. The van der Waals surface area contributed by atoms with Gasteiger partial charge in [0.05, 0.1) is 23.5 Å². The van der Waals surface area contributed by atoms with Crippen LogP contribution in [0.25, 0.3) is 0 Å². The Bertz CT molecular complexity index is 1200. The van der Waals surface area contributed by atoms with Gasteiger partial charge < -0.3 is 10.2 Å². The molecule has 3 aliphatic rings. The Morgan fingerprint density at radius 1 is 1.08 bits per heavy atom.